The van der Waals surface area contributed by atoms with E-state index in [1.54, 1.807) is 30.3 Å². The maximum absolute atomic E-state index is 12.1. The van der Waals surface area contributed by atoms with E-state index in [-0.39, 0.29) is 11.9 Å². The molecule has 0 fully saturated rings. The van der Waals surface area contributed by atoms with Gasteiger partial charge in [0.2, 0.25) is 5.91 Å². The van der Waals surface area contributed by atoms with Crippen LogP contribution in [0.3, 0.4) is 0 Å². The Balaban J connectivity index is 1.94. The Labute approximate surface area is 171 Å². The van der Waals surface area contributed by atoms with Crippen molar-refractivity contribution in [2.75, 3.05) is 20.3 Å². The van der Waals surface area contributed by atoms with Crippen LogP contribution in [0.4, 0.5) is 0 Å². The third-order valence-corrected chi connectivity index (χ3v) is 4.00. The predicted octanol–water partition coefficient (Wildman–Crippen LogP) is 3.99. The molecule has 0 aromatic heterocycles. The van der Waals surface area contributed by atoms with Crippen molar-refractivity contribution >= 4 is 18.0 Å². The summed E-state index contributed by atoms with van der Waals surface area (Å²) in [5, 5.41) is 2.81. The Morgan fingerprint density at radius 3 is 2.41 bits per heavy atom. The Morgan fingerprint density at radius 2 is 1.76 bits per heavy atom. The SMILES string of the molecule is CCCOc1ccc(/C=C/C(=O)NCc2ccc(C(=O)OC)cc2)cc1OCC. The zero-order valence-corrected chi connectivity index (χ0v) is 17.1. The van der Waals surface area contributed by atoms with Gasteiger partial charge >= 0.3 is 5.97 Å². The zero-order chi connectivity index (χ0) is 21.1. The highest BCUT2D eigenvalue weighted by Gasteiger charge is 2.06. The fourth-order valence-corrected chi connectivity index (χ4v) is 2.52. The van der Waals surface area contributed by atoms with E-state index >= 15 is 0 Å². The molecule has 1 amide bonds. The van der Waals surface area contributed by atoms with Crippen LogP contribution in [0, 0.1) is 0 Å². The third-order valence-electron chi connectivity index (χ3n) is 4.00. The minimum absolute atomic E-state index is 0.216. The van der Waals surface area contributed by atoms with Gasteiger partial charge in [-0.05, 0) is 54.8 Å². The molecule has 2 aromatic rings. The molecule has 0 bridgehead atoms. The number of hydrogen-bond acceptors (Lipinski definition) is 5. The second kappa shape index (κ2) is 11.5. The predicted molar refractivity (Wildman–Crippen MR) is 112 cm³/mol. The lowest BCUT2D eigenvalue weighted by atomic mass is 10.1. The molecule has 2 aromatic carbocycles. The van der Waals surface area contributed by atoms with Crippen molar-refractivity contribution in [1.82, 2.24) is 5.32 Å². The first kappa shape index (κ1) is 22.0. The molecule has 0 aliphatic rings. The number of amides is 1. The summed E-state index contributed by atoms with van der Waals surface area (Å²) >= 11 is 0. The minimum atomic E-state index is -0.388. The molecule has 0 aliphatic heterocycles. The number of ether oxygens (including phenoxy) is 3. The van der Waals surface area contributed by atoms with Crippen LogP contribution in [0.2, 0.25) is 0 Å². The van der Waals surface area contributed by atoms with E-state index in [0.29, 0.717) is 36.8 Å². The van der Waals surface area contributed by atoms with E-state index in [1.807, 2.05) is 32.0 Å². The molecule has 2 rings (SSSR count). The first-order valence-corrected chi connectivity index (χ1v) is 9.60. The smallest absolute Gasteiger partial charge is 0.337 e. The van der Waals surface area contributed by atoms with E-state index in [4.69, 9.17) is 9.47 Å². The lowest BCUT2D eigenvalue weighted by Gasteiger charge is -2.12. The molecule has 0 saturated heterocycles. The second-order valence-corrected chi connectivity index (χ2v) is 6.23. The molecule has 0 heterocycles. The first-order valence-electron chi connectivity index (χ1n) is 9.60. The highest BCUT2D eigenvalue weighted by atomic mass is 16.5. The van der Waals surface area contributed by atoms with Crippen molar-refractivity contribution in [2.24, 2.45) is 0 Å². The van der Waals surface area contributed by atoms with Crippen molar-refractivity contribution in [3.63, 3.8) is 0 Å². The lowest BCUT2D eigenvalue weighted by Crippen LogP contribution is -2.20. The molecule has 6 nitrogen and oxygen atoms in total. The molecule has 29 heavy (non-hydrogen) atoms. The Bertz CT molecular complexity index is 843. The van der Waals surface area contributed by atoms with Crippen molar-refractivity contribution in [2.45, 2.75) is 26.8 Å². The molecule has 0 radical (unpaired) electrons. The van der Waals surface area contributed by atoms with E-state index in [1.165, 1.54) is 13.2 Å². The monoisotopic (exact) mass is 397 g/mol. The highest BCUT2D eigenvalue weighted by Crippen LogP contribution is 2.29. The van der Waals surface area contributed by atoms with Gasteiger partial charge in [-0.25, -0.2) is 4.79 Å². The average molecular weight is 397 g/mol. The Morgan fingerprint density at radius 1 is 1.00 bits per heavy atom. The van der Waals surface area contributed by atoms with Gasteiger partial charge in [0, 0.05) is 12.6 Å². The number of carbonyl (C=O) groups excluding carboxylic acids is 2. The average Bonchev–Trinajstić information content (AvgIpc) is 2.75. The maximum atomic E-state index is 12.1. The van der Waals surface area contributed by atoms with Crippen LogP contribution in [0.25, 0.3) is 6.08 Å². The molecular weight excluding hydrogens is 370 g/mol. The topological polar surface area (TPSA) is 73.9 Å². The summed E-state index contributed by atoms with van der Waals surface area (Å²) < 4.78 is 16.0. The van der Waals surface area contributed by atoms with Crippen LogP contribution in [-0.2, 0) is 16.1 Å². The molecule has 6 heteroatoms. The van der Waals surface area contributed by atoms with Gasteiger partial charge in [0.1, 0.15) is 0 Å². The van der Waals surface area contributed by atoms with E-state index in [0.717, 1.165) is 17.5 Å². The summed E-state index contributed by atoms with van der Waals surface area (Å²) in [6, 6.07) is 12.5. The number of hydrogen-bond donors (Lipinski definition) is 1. The molecule has 0 unspecified atom stereocenters. The fraction of sp³-hybridized carbons (Fsp3) is 0.304. The van der Waals surface area contributed by atoms with Crippen LogP contribution in [0.5, 0.6) is 11.5 Å². The third kappa shape index (κ3) is 6.99. The zero-order valence-electron chi connectivity index (χ0n) is 17.1. The Hall–Kier alpha value is -3.28. The van der Waals surface area contributed by atoms with Gasteiger partial charge in [-0.2, -0.15) is 0 Å². The van der Waals surface area contributed by atoms with Crippen molar-refractivity contribution in [1.29, 1.82) is 0 Å². The number of carbonyl (C=O) groups is 2. The summed E-state index contributed by atoms with van der Waals surface area (Å²) in [5.41, 5.74) is 2.20. The van der Waals surface area contributed by atoms with Crippen LogP contribution in [-0.4, -0.2) is 32.2 Å². The quantitative estimate of drug-likeness (QED) is 0.485. The summed E-state index contributed by atoms with van der Waals surface area (Å²) in [6.45, 7) is 5.47. The highest BCUT2D eigenvalue weighted by molar-refractivity contribution is 5.92. The van der Waals surface area contributed by atoms with Gasteiger partial charge in [-0.3, -0.25) is 4.79 Å². The van der Waals surface area contributed by atoms with Gasteiger partial charge in [-0.15, -0.1) is 0 Å². The number of rotatable bonds is 10. The first-order chi connectivity index (χ1) is 14.1. The van der Waals surface area contributed by atoms with Crippen molar-refractivity contribution in [3.05, 3.63) is 65.2 Å². The standard InChI is InChI=1S/C23H27NO5/c1-4-14-29-20-12-8-17(15-21(20)28-5-2)9-13-22(25)24-16-18-6-10-19(11-7-18)23(26)27-3/h6-13,15H,4-5,14,16H2,1-3H3,(H,24,25)/b13-9+. The largest absolute Gasteiger partial charge is 0.490 e. The molecule has 154 valence electrons. The van der Waals surface area contributed by atoms with Gasteiger partial charge in [-0.1, -0.05) is 25.1 Å². The number of nitrogens with one attached hydrogen (secondary N) is 1. The van der Waals surface area contributed by atoms with Crippen LogP contribution in [0.1, 0.15) is 41.8 Å². The normalized spacial score (nSPS) is 10.6. The van der Waals surface area contributed by atoms with Crippen molar-refractivity contribution in [3.8, 4) is 11.5 Å². The second-order valence-electron chi connectivity index (χ2n) is 6.23. The molecule has 0 spiro atoms. The lowest BCUT2D eigenvalue weighted by molar-refractivity contribution is -0.116. The summed E-state index contributed by atoms with van der Waals surface area (Å²) in [7, 11) is 1.34. The van der Waals surface area contributed by atoms with Crippen molar-refractivity contribution < 1.29 is 23.8 Å². The van der Waals surface area contributed by atoms with E-state index in [9.17, 15) is 9.59 Å². The molecule has 0 saturated carbocycles. The van der Waals surface area contributed by atoms with Gasteiger partial charge in [0.15, 0.2) is 11.5 Å². The summed E-state index contributed by atoms with van der Waals surface area (Å²) in [5.74, 6) is 0.757. The van der Waals surface area contributed by atoms with Gasteiger partial charge in [0.25, 0.3) is 0 Å². The molecule has 0 aliphatic carbocycles. The van der Waals surface area contributed by atoms with E-state index in [2.05, 4.69) is 10.1 Å². The maximum Gasteiger partial charge on any atom is 0.337 e. The van der Waals surface area contributed by atoms with Crippen LogP contribution >= 0.6 is 0 Å². The number of esters is 1. The molecular formula is C23H27NO5. The molecule has 1 N–H and O–H groups in total. The van der Waals surface area contributed by atoms with Gasteiger partial charge < -0.3 is 19.5 Å². The number of benzene rings is 2. The Kier molecular flexibility index (Phi) is 8.76. The molecule has 0 atom stereocenters. The number of methoxy groups -OCH3 is 1. The fourth-order valence-electron chi connectivity index (χ4n) is 2.52. The summed E-state index contributed by atoms with van der Waals surface area (Å²) in [6.07, 6.45) is 4.11. The van der Waals surface area contributed by atoms with E-state index < -0.39 is 0 Å². The minimum Gasteiger partial charge on any atom is -0.490 e. The van der Waals surface area contributed by atoms with Crippen LogP contribution in [0.15, 0.2) is 48.5 Å². The summed E-state index contributed by atoms with van der Waals surface area (Å²) in [4.78, 5) is 23.5. The van der Waals surface area contributed by atoms with Crippen LogP contribution < -0.4 is 14.8 Å². The van der Waals surface area contributed by atoms with Gasteiger partial charge in [0.05, 0.1) is 25.9 Å².